The van der Waals surface area contributed by atoms with Gasteiger partial charge in [-0.1, -0.05) is 59.6 Å². The second-order valence-electron chi connectivity index (χ2n) is 7.55. The number of rotatable bonds is 7. The van der Waals surface area contributed by atoms with E-state index in [-0.39, 0.29) is 11.8 Å². The lowest BCUT2D eigenvalue weighted by atomic mass is 9.96. The number of benzene rings is 2. The number of carbonyl (C=O) groups is 1. The first-order valence-electron chi connectivity index (χ1n) is 9.91. The van der Waals surface area contributed by atoms with Crippen molar-refractivity contribution in [3.8, 4) is 0 Å². The Kier molecular flexibility index (Phi) is 7.31. The van der Waals surface area contributed by atoms with Crippen molar-refractivity contribution in [2.75, 3.05) is 19.6 Å². The van der Waals surface area contributed by atoms with Gasteiger partial charge in [0.2, 0.25) is 5.91 Å². The molecule has 1 heterocycles. The summed E-state index contributed by atoms with van der Waals surface area (Å²) in [4.78, 5) is 14.9. The van der Waals surface area contributed by atoms with E-state index in [4.69, 9.17) is 11.6 Å². The van der Waals surface area contributed by atoms with E-state index in [1.165, 1.54) is 11.1 Å². The summed E-state index contributed by atoms with van der Waals surface area (Å²) in [6.45, 7) is 5.52. The molecular formula is C23H29ClN2O. The Morgan fingerprint density at radius 3 is 2.89 bits per heavy atom. The average Bonchev–Trinajstić information content (AvgIpc) is 2.67. The van der Waals surface area contributed by atoms with Crippen LogP contribution >= 0.6 is 11.6 Å². The topological polar surface area (TPSA) is 32.3 Å². The van der Waals surface area contributed by atoms with Crippen LogP contribution in [0.2, 0.25) is 5.02 Å². The molecule has 3 rings (SSSR count). The third-order valence-corrected chi connectivity index (χ3v) is 5.62. The summed E-state index contributed by atoms with van der Waals surface area (Å²) < 4.78 is 0. The Balaban J connectivity index is 1.42. The monoisotopic (exact) mass is 384 g/mol. The Labute approximate surface area is 167 Å². The molecule has 2 aromatic rings. The van der Waals surface area contributed by atoms with Crippen molar-refractivity contribution >= 4 is 17.5 Å². The molecule has 1 saturated heterocycles. The molecule has 0 bridgehead atoms. The minimum Gasteiger partial charge on any atom is -0.356 e. The Bertz CT molecular complexity index is 762. The summed E-state index contributed by atoms with van der Waals surface area (Å²) in [6, 6.07) is 16.6. The van der Waals surface area contributed by atoms with Crippen LogP contribution in [0.15, 0.2) is 48.5 Å². The average molecular weight is 385 g/mol. The minimum absolute atomic E-state index is 0.0835. The van der Waals surface area contributed by atoms with Crippen molar-refractivity contribution in [1.82, 2.24) is 10.2 Å². The SMILES string of the molecule is Cc1cccc(CCCNC(=O)[C@@H]2CCCN(Cc3ccccc3Cl)C2)c1. The van der Waals surface area contributed by atoms with E-state index in [1.807, 2.05) is 18.2 Å². The maximum absolute atomic E-state index is 12.6. The van der Waals surface area contributed by atoms with Gasteiger partial charge < -0.3 is 5.32 Å². The predicted molar refractivity (Wildman–Crippen MR) is 112 cm³/mol. The van der Waals surface area contributed by atoms with Crippen LogP contribution < -0.4 is 5.32 Å². The lowest BCUT2D eigenvalue weighted by Gasteiger charge is -2.32. The lowest BCUT2D eigenvalue weighted by Crippen LogP contribution is -2.43. The van der Waals surface area contributed by atoms with E-state index >= 15 is 0 Å². The summed E-state index contributed by atoms with van der Waals surface area (Å²) in [7, 11) is 0. The maximum atomic E-state index is 12.6. The number of nitrogens with zero attached hydrogens (tertiary/aromatic N) is 1. The summed E-state index contributed by atoms with van der Waals surface area (Å²) in [6.07, 6.45) is 4.02. The molecular weight excluding hydrogens is 356 g/mol. The van der Waals surface area contributed by atoms with Gasteiger partial charge in [0.05, 0.1) is 5.92 Å². The van der Waals surface area contributed by atoms with Crippen LogP contribution in [0.4, 0.5) is 0 Å². The molecule has 2 aromatic carbocycles. The standard InChI is InChI=1S/C23H29ClN2O/c1-18-7-4-8-19(15-18)9-5-13-25-23(27)21-11-6-14-26(17-21)16-20-10-2-3-12-22(20)24/h2-4,7-8,10,12,15,21H,5-6,9,11,13-14,16-17H2,1H3,(H,25,27)/t21-/m1/s1. The number of hydrogen-bond donors (Lipinski definition) is 1. The molecule has 3 nitrogen and oxygen atoms in total. The zero-order chi connectivity index (χ0) is 19.1. The number of halogens is 1. The minimum atomic E-state index is 0.0835. The molecule has 1 fully saturated rings. The van der Waals surface area contributed by atoms with Gasteiger partial charge in [-0.05, 0) is 56.3 Å². The highest BCUT2D eigenvalue weighted by atomic mass is 35.5. The van der Waals surface area contributed by atoms with Crippen molar-refractivity contribution in [1.29, 1.82) is 0 Å². The maximum Gasteiger partial charge on any atom is 0.224 e. The molecule has 0 unspecified atom stereocenters. The summed E-state index contributed by atoms with van der Waals surface area (Å²) in [5.41, 5.74) is 3.77. The second-order valence-corrected chi connectivity index (χ2v) is 7.96. The van der Waals surface area contributed by atoms with Crippen molar-refractivity contribution in [2.24, 2.45) is 5.92 Å². The third-order valence-electron chi connectivity index (χ3n) is 5.25. The van der Waals surface area contributed by atoms with Crippen LogP contribution in [-0.4, -0.2) is 30.4 Å². The first-order chi connectivity index (χ1) is 13.1. The molecule has 27 heavy (non-hydrogen) atoms. The first kappa shape index (κ1) is 19.9. The van der Waals surface area contributed by atoms with E-state index in [0.717, 1.165) is 62.4 Å². The van der Waals surface area contributed by atoms with E-state index in [2.05, 4.69) is 47.5 Å². The number of piperidine rings is 1. The molecule has 1 amide bonds. The van der Waals surface area contributed by atoms with Crippen molar-refractivity contribution in [3.05, 3.63) is 70.2 Å². The van der Waals surface area contributed by atoms with E-state index in [0.29, 0.717) is 0 Å². The highest BCUT2D eigenvalue weighted by molar-refractivity contribution is 6.31. The van der Waals surface area contributed by atoms with E-state index in [9.17, 15) is 4.79 Å². The molecule has 0 aliphatic carbocycles. The fraction of sp³-hybridized carbons (Fsp3) is 0.435. The molecule has 4 heteroatoms. The van der Waals surface area contributed by atoms with Gasteiger partial charge >= 0.3 is 0 Å². The molecule has 1 aliphatic heterocycles. The third kappa shape index (κ3) is 6.08. The number of likely N-dealkylation sites (tertiary alicyclic amines) is 1. The fourth-order valence-corrected chi connectivity index (χ4v) is 3.99. The molecule has 0 spiro atoms. The Hall–Kier alpha value is -1.84. The molecule has 144 valence electrons. The van der Waals surface area contributed by atoms with Crippen molar-refractivity contribution in [2.45, 2.75) is 39.2 Å². The normalized spacial score (nSPS) is 17.6. The van der Waals surface area contributed by atoms with Crippen LogP contribution in [0.3, 0.4) is 0 Å². The van der Waals surface area contributed by atoms with Gasteiger partial charge in [-0.15, -0.1) is 0 Å². The number of nitrogens with one attached hydrogen (secondary N) is 1. The number of aryl methyl sites for hydroxylation is 2. The summed E-state index contributed by atoms with van der Waals surface area (Å²) in [5, 5.41) is 3.95. The lowest BCUT2D eigenvalue weighted by molar-refractivity contribution is -0.126. The van der Waals surface area contributed by atoms with Crippen molar-refractivity contribution < 1.29 is 4.79 Å². The van der Waals surface area contributed by atoms with Gasteiger partial charge in [-0.25, -0.2) is 0 Å². The highest BCUT2D eigenvalue weighted by Gasteiger charge is 2.25. The molecule has 1 atom stereocenters. The molecule has 0 radical (unpaired) electrons. The fourth-order valence-electron chi connectivity index (χ4n) is 3.80. The summed E-state index contributed by atoms with van der Waals surface area (Å²) >= 11 is 6.28. The van der Waals surface area contributed by atoms with E-state index < -0.39 is 0 Å². The van der Waals surface area contributed by atoms with Gasteiger partial charge in [0, 0.05) is 24.7 Å². The van der Waals surface area contributed by atoms with Gasteiger partial charge in [-0.3, -0.25) is 9.69 Å². The van der Waals surface area contributed by atoms with Crippen LogP contribution in [0.25, 0.3) is 0 Å². The smallest absolute Gasteiger partial charge is 0.224 e. The quantitative estimate of drug-likeness (QED) is 0.707. The van der Waals surface area contributed by atoms with E-state index in [1.54, 1.807) is 0 Å². The number of hydrogen-bond acceptors (Lipinski definition) is 2. The molecule has 0 saturated carbocycles. The second kappa shape index (κ2) is 9.91. The van der Waals surface area contributed by atoms with Gasteiger partial charge in [0.15, 0.2) is 0 Å². The Morgan fingerprint density at radius 1 is 1.22 bits per heavy atom. The van der Waals surface area contributed by atoms with Gasteiger partial charge in [0.1, 0.15) is 0 Å². The van der Waals surface area contributed by atoms with Gasteiger partial charge in [-0.2, -0.15) is 0 Å². The highest BCUT2D eigenvalue weighted by Crippen LogP contribution is 2.22. The van der Waals surface area contributed by atoms with Crippen LogP contribution in [0.5, 0.6) is 0 Å². The van der Waals surface area contributed by atoms with Crippen molar-refractivity contribution in [3.63, 3.8) is 0 Å². The largest absolute Gasteiger partial charge is 0.356 e. The molecule has 1 N–H and O–H groups in total. The summed E-state index contributed by atoms with van der Waals surface area (Å²) in [5.74, 6) is 0.281. The Morgan fingerprint density at radius 2 is 2.07 bits per heavy atom. The van der Waals surface area contributed by atoms with Crippen LogP contribution in [0.1, 0.15) is 36.0 Å². The first-order valence-corrected chi connectivity index (χ1v) is 10.3. The van der Waals surface area contributed by atoms with Crippen LogP contribution in [-0.2, 0) is 17.8 Å². The number of carbonyl (C=O) groups excluding carboxylic acids is 1. The number of amides is 1. The predicted octanol–water partition coefficient (Wildman–Crippen LogP) is 4.61. The zero-order valence-corrected chi connectivity index (χ0v) is 16.8. The molecule has 0 aromatic heterocycles. The van der Waals surface area contributed by atoms with Gasteiger partial charge in [0.25, 0.3) is 0 Å². The zero-order valence-electron chi connectivity index (χ0n) is 16.1. The van der Waals surface area contributed by atoms with Crippen LogP contribution in [0, 0.1) is 12.8 Å². The molecule has 1 aliphatic rings.